The number of hydrogen-bond acceptors (Lipinski definition) is 2. The maximum atomic E-state index is 5.36. The molecule has 60 heavy (non-hydrogen) atoms. The van der Waals surface area contributed by atoms with Gasteiger partial charge in [0.05, 0.1) is 16.7 Å². The monoisotopic (exact) mass is 760 g/mol. The van der Waals surface area contributed by atoms with E-state index in [1.807, 2.05) is 12.3 Å². The second-order valence-corrected chi connectivity index (χ2v) is 15.6. The van der Waals surface area contributed by atoms with Gasteiger partial charge in [0.15, 0.2) is 0 Å². The van der Waals surface area contributed by atoms with Crippen molar-refractivity contribution in [2.24, 2.45) is 0 Å². The van der Waals surface area contributed by atoms with Gasteiger partial charge in [-0.2, -0.15) is 0 Å². The SMILES string of the molecule is c1ccc(-c2ccc3c(-c4ccc(-c5c6ccccc6c(-c6ccc7ccc8cccnc8c7n6)c6ccccc56)cc4)c4ccccc4c(-c4ccccc4)c3c2)cc1. The van der Waals surface area contributed by atoms with E-state index in [2.05, 4.69) is 206 Å². The maximum Gasteiger partial charge on any atom is 0.0972 e. The van der Waals surface area contributed by atoms with Crippen LogP contribution in [0.15, 0.2) is 219 Å². The molecule has 0 radical (unpaired) electrons. The highest BCUT2D eigenvalue weighted by Gasteiger charge is 2.20. The molecule has 0 fully saturated rings. The highest BCUT2D eigenvalue weighted by molar-refractivity contribution is 6.23. The average molecular weight is 761 g/mol. The van der Waals surface area contributed by atoms with Crippen molar-refractivity contribution in [3.05, 3.63) is 219 Å². The third-order valence-corrected chi connectivity index (χ3v) is 12.3. The Hall–Kier alpha value is -7.94. The van der Waals surface area contributed by atoms with Crippen LogP contribution in [0.25, 0.3) is 121 Å². The molecule has 10 aromatic carbocycles. The van der Waals surface area contributed by atoms with Crippen LogP contribution < -0.4 is 0 Å². The molecule has 2 nitrogen and oxygen atoms in total. The second-order valence-electron chi connectivity index (χ2n) is 15.6. The molecule has 12 aromatic rings. The smallest absolute Gasteiger partial charge is 0.0972 e. The van der Waals surface area contributed by atoms with Crippen molar-refractivity contribution in [3.8, 4) is 55.8 Å². The Balaban J connectivity index is 1.07. The van der Waals surface area contributed by atoms with E-state index in [0.29, 0.717) is 0 Å². The minimum absolute atomic E-state index is 0.923. The lowest BCUT2D eigenvalue weighted by Crippen LogP contribution is -1.94. The fraction of sp³-hybridized carbons (Fsp3) is 0. The number of aromatic nitrogens is 2. The Morgan fingerprint density at radius 1 is 0.250 bits per heavy atom. The molecule has 2 heterocycles. The summed E-state index contributed by atoms with van der Waals surface area (Å²) in [7, 11) is 0. The summed E-state index contributed by atoms with van der Waals surface area (Å²) in [6.45, 7) is 0. The fourth-order valence-corrected chi connectivity index (χ4v) is 9.60. The zero-order valence-corrected chi connectivity index (χ0v) is 32.7. The van der Waals surface area contributed by atoms with Gasteiger partial charge in [-0.25, -0.2) is 4.98 Å². The number of nitrogens with zero attached hydrogens (tertiary/aromatic N) is 2. The number of fused-ring (bicyclic) bond motifs is 7. The van der Waals surface area contributed by atoms with Crippen LogP contribution in [0.1, 0.15) is 0 Å². The van der Waals surface area contributed by atoms with Gasteiger partial charge in [-0.3, -0.25) is 4.98 Å². The molecule has 0 aliphatic rings. The fourth-order valence-electron chi connectivity index (χ4n) is 9.60. The van der Waals surface area contributed by atoms with E-state index in [4.69, 9.17) is 9.97 Å². The molecule has 0 saturated heterocycles. The van der Waals surface area contributed by atoms with Crippen LogP contribution in [0.5, 0.6) is 0 Å². The third-order valence-electron chi connectivity index (χ3n) is 12.3. The largest absolute Gasteiger partial charge is 0.254 e. The van der Waals surface area contributed by atoms with Crippen LogP contribution >= 0.6 is 0 Å². The van der Waals surface area contributed by atoms with Crippen molar-refractivity contribution >= 4 is 64.9 Å². The Morgan fingerprint density at radius 2 is 0.667 bits per heavy atom. The second kappa shape index (κ2) is 13.9. The Labute approximate surface area is 347 Å². The molecule has 12 rings (SSSR count). The maximum absolute atomic E-state index is 5.36. The summed E-state index contributed by atoms with van der Waals surface area (Å²) >= 11 is 0. The standard InChI is InChI=1S/C58H36N2/c1-3-14-37(15-4-1)43-31-33-50-51(36-43)55(38-16-5-2-6-17-38)45-20-8-7-19-44(45)54(50)40-27-25-39(26-28-40)53-46-21-9-11-23-48(46)56(49-24-12-10-22-47(49)53)52-34-32-42-30-29-41-18-13-35-59-57(41)58(42)60-52/h1-36H. The first-order chi connectivity index (χ1) is 29.8. The van der Waals surface area contributed by atoms with E-state index in [1.165, 1.54) is 87.6 Å². The van der Waals surface area contributed by atoms with Gasteiger partial charge >= 0.3 is 0 Å². The van der Waals surface area contributed by atoms with E-state index in [9.17, 15) is 0 Å². The van der Waals surface area contributed by atoms with E-state index < -0.39 is 0 Å². The number of hydrogen-bond donors (Lipinski definition) is 0. The summed E-state index contributed by atoms with van der Waals surface area (Å²) < 4.78 is 0. The lowest BCUT2D eigenvalue weighted by molar-refractivity contribution is 1.38. The summed E-state index contributed by atoms with van der Waals surface area (Å²) in [5.41, 5.74) is 13.7. The van der Waals surface area contributed by atoms with Gasteiger partial charge in [0, 0.05) is 22.5 Å². The summed E-state index contributed by atoms with van der Waals surface area (Å²) in [6, 6.07) is 77.1. The van der Waals surface area contributed by atoms with Gasteiger partial charge in [0.25, 0.3) is 0 Å². The van der Waals surface area contributed by atoms with Gasteiger partial charge in [-0.1, -0.05) is 194 Å². The molecule has 0 amide bonds. The molecule has 0 aliphatic carbocycles. The Bertz CT molecular complexity index is 3570. The van der Waals surface area contributed by atoms with Crippen molar-refractivity contribution in [3.63, 3.8) is 0 Å². The van der Waals surface area contributed by atoms with E-state index in [0.717, 1.165) is 33.1 Å². The molecule has 0 saturated carbocycles. The molecule has 2 aromatic heterocycles. The van der Waals surface area contributed by atoms with E-state index >= 15 is 0 Å². The van der Waals surface area contributed by atoms with Crippen molar-refractivity contribution in [2.45, 2.75) is 0 Å². The number of pyridine rings is 2. The van der Waals surface area contributed by atoms with Gasteiger partial charge in [-0.15, -0.1) is 0 Å². The molecule has 0 unspecified atom stereocenters. The van der Waals surface area contributed by atoms with Gasteiger partial charge < -0.3 is 0 Å². The van der Waals surface area contributed by atoms with Crippen molar-refractivity contribution in [1.82, 2.24) is 9.97 Å². The molecule has 0 bridgehead atoms. The number of benzene rings is 10. The van der Waals surface area contributed by atoms with Crippen LogP contribution in [0.3, 0.4) is 0 Å². The van der Waals surface area contributed by atoms with Crippen molar-refractivity contribution < 1.29 is 0 Å². The highest BCUT2D eigenvalue weighted by atomic mass is 14.8. The minimum Gasteiger partial charge on any atom is -0.254 e. The van der Waals surface area contributed by atoms with Gasteiger partial charge in [-0.05, 0) is 106 Å². The Kier molecular flexibility index (Phi) is 7.89. The molecular weight excluding hydrogens is 725 g/mol. The summed E-state index contributed by atoms with van der Waals surface area (Å²) in [5.74, 6) is 0. The third kappa shape index (κ3) is 5.42. The first-order valence-corrected chi connectivity index (χ1v) is 20.6. The molecule has 0 aliphatic heterocycles. The molecule has 0 N–H and O–H groups in total. The average Bonchev–Trinajstić information content (AvgIpc) is 3.32. The van der Waals surface area contributed by atoms with Crippen molar-refractivity contribution in [2.75, 3.05) is 0 Å². The van der Waals surface area contributed by atoms with Crippen LogP contribution in [0.4, 0.5) is 0 Å². The lowest BCUT2D eigenvalue weighted by atomic mass is 9.84. The normalized spacial score (nSPS) is 11.7. The first-order valence-electron chi connectivity index (χ1n) is 20.6. The van der Waals surface area contributed by atoms with Crippen LogP contribution in [-0.2, 0) is 0 Å². The van der Waals surface area contributed by atoms with Gasteiger partial charge in [0.2, 0.25) is 0 Å². The molecule has 278 valence electrons. The van der Waals surface area contributed by atoms with Crippen LogP contribution in [0.2, 0.25) is 0 Å². The van der Waals surface area contributed by atoms with E-state index in [1.54, 1.807) is 0 Å². The highest BCUT2D eigenvalue weighted by Crippen LogP contribution is 2.47. The molecular formula is C58H36N2. The summed E-state index contributed by atoms with van der Waals surface area (Å²) in [4.78, 5) is 10.1. The van der Waals surface area contributed by atoms with E-state index in [-0.39, 0.29) is 0 Å². The number of rotatable bonds is 5. The zero-order chi connectivity index (χ0) is 39.6. The zero-order valence-electron chi connectivity index (χ0n) is 32.7. The van der Waals surface area contributed by atoms with Crippen LogP contribution in [-0.4, -0.2) is 9.97 Å². The minimum atomic E-state index is 0.923. The topological polar surface area (TPSA) is 25.8 Å². The summed E-state index contributed by atoms with van der Waals surface area (Å²) in [6.07, 6.45) is 1.85. The quantitative estimate of drug-likeness (QED) is 0.129. The van der Waals surface area contributed by atoms with Crippen LogP contribution in [0, 0.1) is 0 Å². The Morgan fingerprint density at radius 3 is 1.23 bits per heavy atom. The molecule has 0 spiro atoms. The lowest BCUT2D eigenvalue weighted by Gasteiger charge is -2.20. The van der Waals surface area contributed by atoms with Gasteiger partial charge in [0.1, 0.15) is 0 Å². The first kappa shape index (κ1) is 34.1. The predicted molar refractivity (Wildman–Crippen MR) is 254 cm³/mol. The molecule has 2 heteroatoms. The van der Waals surface area contributed by atoms with Crippen molar-refractivity contribution in [1.29, 1.82) is 0 Å². The molecule has 0 atom stereocenters. The summed E-state index contributed by atoms with van der Waals surface area (Å²) in [5, 5.41) is 11.9. The predicted octanol–water partition coefficient (Wildman–Crippen LogP) is 15.7.